The van der Waals surface area contributed by atoms with Crippen molar-refractivity contribution in [3.8, 4) is 11.5 Å². The van der Waals surface area contributed by atoms with Crippen LogP contribution in [0, 0.1) is 13.8 Å². The molecule has 1 fully saturated rings. The molecule has 106 valence electrons. The summed E-state index contributed by atoms with van der Waals surface area (Å²) in [5.41, 5.74) is 10.1. The Balaban J connectivity index is 2.60. The first-order chi connectivity index (χ1) is 9.09. The van der Waals surface area contributed by atoms with Crippen molar-refractivity contribution in [2.45, 2.75) is 44.9 Å². The molecule has 0 spiro atoms. The van der Waals surface area contributed by atoms with Gasteiger partial charge in [0.2, 0.25) is 0 Å². The molecule has 0 atom stereocenters. The molecular formula is C16H25NO2. The van der Waals surface area contributed by atoms with Gasteiger partial charge in [-0.1, -0.05) is 12.8 Å². The molecule has 1 saturated carbocycles. The molecule has 1 aromatic rings. The molecule has 0 aromatic heterocycles. The average Bonchev–Trinajstić information content (AvgIpc) is 2.91. The average molecular weight is 263 g/mol. The Bertz CT molecular complexity index is 462. The summed E-state index contributed by atoms with van der Waals surface area (Å²) in [7, 11) is 3.39. The van der Waals surface area contributed by atoms with Crippen molar-refractivity contribution in [2.75, 3.05) is 20.8 Å². The summed E-state index contributed by atoms with van der Waals surface area (Å²) in [4.78, 5) is 0. The standard InChI is InChI=1S/C16H25NO2/c1-11-12(2)15(19-4)14(18-3)9-13(11)16(10-17)7-5-6-8-16/h9H,5-8,10,17H2,1-4H3. The number of benzene rings is 1. The van der Waals surface area contributed by atoms with Crippen LogP contribution in [0.2, 0.25) is 0 Å². The van der Waals surface area contributed by atoms with E-state index in [1.807, 2.05) is 0 Å². The summed E-state index contributed by atoms with van der Waals surface area (Å²) >= 11 is 0. The van der Waals surface area contributed by atoms with E-state index in [1.54, 1.807) is 14.2 Å². The van der Waals surface area contributed by atoms with Crippen molar-refractivity contribution in [3.05, 3.63) is 22.8 Å². The monoisotopic (exact) mass is 263 g/mol. The molecule has 0 amide bonds. The molecule has 1 aliphatic carbocycles. The largest absolute Gasteiger partial charge is 0.493 e. The third-order valence-corrected chi connectivity index (χ3v) is 4.75. The van der Waals surface area contributed by atoms with Crippen LogP contribution in [-0.2, 0) is 5.41 Å². The van der Waals surface area contributed by atoms with Crippen molar-refractivity contribution in [3.63, 3.8) is 0 Å². The van der Waals surface area contributed by atoms with Crippen LogP contribution in [0.1, 0.15) is 42.4 Å². The highest BCUT2D eigenvalue weighted by Gasteiger charge is 2.36. The van der Waals surface area contributed by atoms with E-state index in [9.17, 15) is 0 Å². The van der Waals surface area contributed by atoms with Crippen LogP contribution in [0.25, 0.3) is 0 Å². The van der Waals surface area contributed by atoms with Gasteiger partial charge < -0.3 is 15.2 Å². The van der Waals surface area contributed by atoms with E-state index >= 15 is 0 Å². The van der Waals surface area contributed by atoms with Gasteiger partial charge in [0, 0.05) is 12.0 Å². The maximum atomic E-state index is 6.11. The van der Waals surface area contributed by atoms with Crippen LogP contribution >= 0.6 is 0 Å². The molecule has 2 N–H and O–H groups in total. The second-order valence-electron chi connectivity index (χ2n) is 5.60. The Hall–Kier alpha value is -1.22. The van der Waals surface area contributed by atoms with Gasteiger partial charge in [-0.25, -0.2) is 0 Å². The van der Waals surface area contributed by atoms with Gasteiger partial charge in [0.15, 0.2) is 11.5 Å². The molecule has 2 rings (SSSR count). The molecule has 0 radical (unpaired) electrons. The Morgan fingerprint density at radius 2 is 1.74 bits per heavy atom. The zero-order valence-electron chi connectivity index (χ0n) is 12.5. The zero-order valence-corrected chi connectivity index (χ0v) is 12.5. The van der Waals surface area contributed by atoms with Gasteiger partial charge in [0.1, 0.15) is 0 Å². The van der Waals surface area contributed by atoms with Crippen LogP contribution in [0.5, 0.6) is 11.5 Å². The van der Waals surface area contributed by atoms with E-state index in [-0.39, 0.29) is 5.41 Å². The van der Waals surface area contributed by atoms with Gasteiger partial charge in [-0.3, -0.25) is 0 Å². The van der Waals surface area contributed by atoms with Crippen LogP contribution in [-0.4, -0.2) is 20.8 Å². The maximum absolute atomic E-state index is 6.11. The van der Waals surface area contributed by atoms with E-state index in [2.05, 4.69) is 19.9 Å². The van der Waals surface area contributed by atoms with E-state index in [0.29, 0.717) is 6.54 Å². The SMILES string of the molecule is COc1cc(C2(CN)CCCC2)c(C)c(C)c1OC. The lowest BCUT2D eigenvalue weighted by Crippen LogP contribution is -2.33. The van der Waals surface area contributed by atoms with Gasteiger partial charge in [-0.2, -0.15) is 0 Å². The first-order valence-corrected chi connectivity index (χ1v) is 7.02. The Morgan fingerprint density at radius 3 is 2.21 bits per heavy atom. The predicted octanol–water partition coefficient (Wildman–Crippen LogP) is 3.09. The molecular weight excluding hydrogens is 238 g/mol. The number of hydrogen-bond acceptors (Lipinski definition) is 3. The van der Waals surface area contributed by atoms with Gasteiger partial charge in [-0.05, 0) is 49.4 Å². The summed E-state index contributed by atoms with van der Waals surface area (Å²) in [6.45, 7) is 4.98. The minimum Gasteiger partial charge on any atom is -0.493 e. The first-order valence-electron chi connectivity index (χ1n) is 7.02. The maximum Gasteiger partial charge on any atom is 0.163 e. The van der Waals surface area contributed by atoms with Gasteiger partial charge >= 0.3 is 0 Å². The van der Waals surface area contributed by atoms with E-state index in [0.717, 1.165) is 17.1 Å². The highest BCUT2D eigenvalue weighted by atomic mass is 16.5. The highest BCUT2D eigenvalue weighted by molar-refractivity contribution is 5.55. The van der Waals surface area contributed by atoms with Crippen molar-refractivity contribution in [1.29, 1.82) is 0 Å². The van der Waals surface area contributed by atoms with Gasteiger partial charge in [-0.15, -0.1) is 0 Å². The summed E-state index contributed by atoms with van der Waals surface area (Å²) in [6, 6.07) is 2.14. The minimum atomic E-state index is 0.133. The first kappa shape index (κ1) is 14.2. The second kappa shape index (κ2) is 5.41. The lowest BCUT2D eigenvalue weighted by Gasteiger charge is -2.31. The summed E-state index contributed by atoms with van der Waals surface area (Å²) in [5, 5.41) is 0. The molecule has 19 heavy (non-hydrogen) atoms. The van der Waals surface area contributed by atoms with E-state index in [4.69, 9.17) is 15.2 Å². The molecule has 0 unspecified atom stereocenters. The summed E-state index contributed by atoms with van der Waals surface area (Å²) in [6.07, 6.45) is 4.90. The molecule has 1 aromatic carbocycles. The molecule has 0 aliphatic heterocycles. The summed E-state index contributed by atoms with van der Waals surface area (Å²) < 4.78 is 11.0. The quantitative estimate of drug-likeness (QED) is 0.908. The fourth-order valence-corrected chi connectivity index (χ4v) is 3.45. The lowest BCUT2D eigenvalue weighted by molar-refractivity contribution is 0.349. The van der Waals surface area contributed by atoms with Crippen LogP contribution in [0.15, 0.2) is 6.07 Å². The van der Waals surface area contributed by atoms with Crippen LogP contribution in [0.4, 0.5) is 0 Å². The van der Waals surface area contributed by atoms with Crippen LogP contribution in [0.3, 0.4) is 0 Å². The lowest BCUT2D eigenvalue weighted by atomic mass is 9.76. The fourth-order valence-electron chi connectivity index (χ4n) is 3.45. The predicted molar refractivity (Wildman–Crippen MR) is 78.2 cm³/mol. The van der Waals surface area contributed by atoms with Gasteiger partial charge in [0.05, 0.1) is 14.2 Å². The third kappa shape index (κ3) is 2.20. The van der Waals surface area contributed by atoms with Gasteiger partial charge in [0.25, 0.3) is 0 Å². The molecule has 3 nitrogen and oxygen atoms in total. The molecule has 0 heterocycles. The molecule has 1 aliphatic rings. The van der Waals surface area contributed by atoms with Crippen molar-refractivity contribution in [2.24, 2.45) is 5.73 Å². The van der Waals surface area contributed by atoms with Crippen LogP contribution < -0.4 is 15.2 Å². The number of ether oxygens (including phenoxy) is 2. The number of hydrogen-bond donors (Lipinski definition) is 1. The Morgan fingerprint density at radius 1 is 1.11 bits per heavy atom. The number of rotatable bonds is 4. The Kier molecular flexibility index (Phi) is 4.04. The number of methoxy groups -OCH3 is 2. The van der Waals surface area contributed by atoms with Crippen molar-refractivity contribution >= 4 is 0 Å². The molecule has 3 heteroatoms. The second-order valence-corrected chi connectivity index (χ2v) is 5.60. The summed E-state index contributed by atoms with van der Waals surface area (Å²) in [5.74, 6) is 1.66. The van der Waals surface area contributed by atoms with Crippen molar-refractivity contribution in [1.82, 2.24) is 0 Å². The molecule has 0 bridgehead atoms. The normalized spacial score (nSPS) is 17.5. The highest BCUT2D eigenvalue weighted by Crippen LogP contribution is 2.46. The molecule has 0 saturated heterocycles. The number of nitrogens with two attached hydrogens (primary N) is 1. The zero-order chi connectivity index (χ0) is 14.0. The third-order valence-electron chi connectivity index (χ3n) is 4.75. The fraction of sp³-hybridized carbons (Fsp3) is 0.625. The van der Waals surface area contributed by atoms with E-state index < -0.39 is 0 Å². The topological polar surface area (TPSA) is 44.5 Å². The Labute approximate surface area is 116 Å². The van der Waals surface area contributed by atoms with Crippen molar-refractivity contribution < 1.29 is 9.47 Å². The smallest absolute Gasteiger partial charge is 0.163 e. The minimum absolute atomic E-state index is 0.133. The van der Waals surface area contributed by atoms with E-state index in [1.165, 1.54) is 36.8 Å².